The van der Waals surface area contributed by atoms with Crippen LogP contribution in [0.5, 0.6) is 11.5 Å². The lowest BCUT2D eigenvalue weighted by Crippen LogP contribution is -2.38. The van der Waals surface area contributed by atoms with Gasteiger partial charge < -0.3 is 14.8 Å². The summed E-state index contributed by atoms with van der Waals surface area (Å²) in [6.45, 7) is 5.56. The van der Waals surface area contributed by atoms with Crippen molar-refractivity contribution in [1.29, 1.82) is 0 Å². The minimum absolute atomic E-state index is 0.0841. The van der Waals surface area contributed by atoms with Crippen LogP contribution in [0.1, 0.15) is 34.8 Å². The van der Waals surface area contributed by atoms with Gasteiger partial charge in [-0.05, 0) is 52.7 Å². The van der Waals surface area contributed by atoms with E-state index in [1.54, 1.807) is 18.1 Å². The van der Waals surface area contributed by atoms with Crippen molar-refractivity contribution in [3.05, 3.63) is 65.5 Å². The number of tetrazole rings is 1. The van der Waals surface area contributed by atoms with Crippen molar-refractivity contribution in [1.82, 2.24) is 30.4 Å². The molecule has 0 bridgehead atoms. The highest BCUT2D eigenvalue weighted by Gasteiger charge is 2.22. The zero-order chi connectivity index (χ0) is 22.3. The topological polar surface area (TPSA) is 94.4 Å². The minimum atomic E-state index is -0.0841. The number of aromatic nitrogens is 4. The van der Waals surface area contributed by atoms with Gasteiger partial charge in [-0.2, -0.15) is 0 Å². The molecule has 9 nitrogen and oxygen atoms in total. The molecule has 1 amide bonds. The molecule has 4 rings (SSSR count). The number of carbonyl (C=O) groups is 1. The molecule has 0 saturated carbocycles. The van der Waals surface area contributed by atoms with E-state index >= 15 is 0 Å². The van der Waals surface area contributed by atoms with Crippen molar-refractivity contribution < 1.29 is 14.3 Å². The highest BCUT2D eigenvalue weighted by molar-refractivity contribution is 5.94. The van der Waals surface area contributed by atoms with Crippen LogP contribution in [0.3, 0.4) is 0 Å². The van der Waals surface area contributed by atoms with E-state index in [1.807, 2.05) is 42.5 Å². The van der Waals surface area contributed by atoms with Crippen LogP contribution in [-0.4, -0.2) is 63.9 Å². The fraction of sp³-hybridized carbons (Fsp3) is 0.391. The van der Waals surface area contributed by atoms with Gasteiger partial charge in [0.1, 0.15) is 23.9 Å². The Hall–Kier alpha value is -3.46. The molecular formula is C23H28N6O3. The minimum Gasteiger partial charge on any atom is -0.497 e. The number of nitrogens with zero attached hydrogens (tertiary/aromatic N) is 5. The Labute approximate surface area is 187 Å². The van der Waals surface area contributed by atoms with E-state index in [0.717, 1.165) is 48.7 Å². The first-order valence-corrected chi connectivity index (χ1v) is 10.8. The van der Waals surface area contributed by atoms with Gasteiger partial charge in [0.25, 0.3) is 5.91 Å². The molecule has 0 aliphatic carbocycles. The van der Waals surface area contributed by atoms with Crippen LogP contribution in [0.2, 0.25) is 0 Å². The second-order valence-electron chi connectivity index (χ2n) is 7.82. The number of amides is 1. The Morgan fingerprint density at radius 1 is 1.25 bits per heavy atom. The normalized spacial score (nSPS) is 16.0. The summed E-state index contributed by atoms with van der Waals surface area (Å²) in [6.07, 6.45) is 2.60. The molecule has 2 heterocycles. The number of hydrogen-bond donors (Lipinski definition) is 1. The molecule has 1 unspecified atom stereocenters. The van der Waals surface area contributed by atoms with Crippen LogP contribution in [0.25, 0.3) is 0 Å². The summed E-state index contributed by atoms with van der Waals surface area (Å²) >= 11 is 0. The first-order chi connectivity index (χ1) is 15.6. The van der Waals surface area contributed by atoms with Gasteiger partial charge in [-0.3, -0.25) is 9.69 Å². The summed E-state index contributed by atoms with van der Waals surface area (Å²) < 4.78 is 13.2. The molecule has 3 aromatic rings. The second kappa shape index (κ2) is 10.2. The molecule has 9 heteroatoms. The zero-order valence-electron chi connectivity index (χ0n) is 18.4. The smallest absolute Gasteiger partial charge is 0.251 e. The molecule has 168 valence electrons. The van der Waals surface area contributed by atoms with Gasteiger partial charge in [0.15, 0.2) is 0 Å². The van der Waals surface area contributed by atoms with E-state index in [0.29, 0.717) is 18.7 Å². The summed E-state index contributed by atoms with van der Waals surface area (Å²) in [6, 6.07) is 13.4. The zero-order valence-corrected chi connectivity index (χ0v) is 18.4. The lowest BCUT2D eigenvalue weighted by Gasteiger charge is -2.23. The summed E-state index contributed by atoms with van der Waals surface area (Å²) in [5.41, 5.74) is 2.76. The number of ether oxygens (including phenoxy) is 2. The maximum atomic E-state index is 12.6. The maximum Gasteiger partial charge on any atom is 0.251 e. The summed E-state index contributed by atoms with van der Waals surface area (Å²) in [4.78, 5) is 14.9. The van der Waals surface area contributed by atoms with Crippen molar-refractivity contribution in [2.75, 3.05) is 26.7 Å². The van der Waals surface area contributed by atoms with Crippen molar-refractivity contribution in [2.24, 2.45) is 0 Å². The Kier molecular flexibility index (Phi) is 6.96. The molecular weight excluding hydrogens is 408 g/mol. The van der Waals surface area contributed by atoms with E-state index in [-0.39, 0.29) is 12.0 Å². The van der Waals surface area contributed by atoms with Gasteiger partial charge in [0, 0.05) is 37.3 Å². The first kappa shape index (κ1) is 21.8. The predicted molar refractivity (Wildman–Crippen MR) is 119 cm³/mol. The summed E-state index contributed by atoms with van der Waals surface area (Å²) in [5, 5.41) is 14.1. The number of rotatable bonds is 8. The van der Waals surface area contributed by atoms with Crippen molar-refractivity contribution in [3.63, 3.8) is 0 Å². The third-order valence-electron chi connectivity index (χ3n) is 5.54. The van der Waals surface area contributed by atoms with Crippen LogP contribution in [-0.2, 0) is 13.1 Å². The van der Waals surface area contributed by atoms with Gasteiger partial charge in [-0.1, -0.05) is 19.1 Å². The second-order valence-corrected chi connectivity index (χ2v) is 7.82. The molecule has 32 heavy (non-hydrogen) atoms. The van der Waals surface area contributed by atoms with Crippen molar-refractivity contribution in [3.8, 4) is 11.5 Å². The van der Waals surface area contributed by atoms with E-state index < -0.39 is 0 Å². The molecule has 0 saturated heterocycles. The Bertz CT molecular complexity index is 1020. The van der Waals surface area contributed by atoms with Crippen LogP contribution < -0.4 is 14.8 Å². The fourth-order valence-corrected chi connectivity index (χ4v) is 3.75. The molecule has 0 fully saturated rings. The Morgan fingerprint density at radius 3 is 2.81 bits per heavy atom. The maximum absolute atomic E-state index is 12.6. The van der Waals surface area contributed by atoms with E-state index in [4.69, 9.17) is 9.47 Å². The number of fused-ring (bicyclic) bond motifs is 1. The molecule has 1 atom stereocenters. The largest absolute Gasteiger partial charge is 0.497 e. The SMILES string of the molecule is CCC1CN(CCNC(=O)c2ccc(Cn3cnnn3)cc2)Cc2cc(OC)ccc2O1. The average Bonchev–Trinajstić information content (AvgIpc) is 3.25. The van der Waals surface area contributed by atoms with Gasteiger partial charge in [-0.25, -0.2) is 4.68 Å². The molecule has 2 aromatic carbocycles. The van der Waals surface area contributed by atoms with Gasteiger partial charge in [-0.15, -0.1) is 5.10 Å². The van der Waals surface area contributed by atoms with Crippen LogP contribution in [0.15, 0.2) is 48.8 Å². The first-order valence-electron chi connectivity index (χ1n) is 10.8. The highest BCUT2D eigenvalue weighted by Crippen LogP contribution is 2.29. The van der Waals surface area contributed by atoms with E-state index in [2.05, 4.69) is 32.7 Å². The monoisotopic (exact) mass is 436 g/mol. The Morgan fingerprint density at radius 2 is 2.09 bits per heavy atom. The molecule has 1 aliphatic rings. The average molecular weight is 437 g/mol. The van der Waals surface area contributed by atoms with Crippen molar-refractivity contribution >= 4 is 5.91 Å². The van der Waals surface area contributed by atoms with E-state index in [1.165, 1.54) is 0 Å². The third kappa shape index (κ3) is 5.42. The number of nitrogens with one attached hydrogen (secondary N) is 1. The van der Waals surface area contributed by atoms with Crippen LogP contribution in [0, 0.1) is 0 Å². The summed E-state index contributed by atoms with van der Waals surface area (Å²) in [7, 11) is 1.67. The molecule has 1 N–H and O–H groups in total. The van der Waals surface area contributed by atoms with Crippen LogP contribution in [0.4, 0.5) is 0 Å². The fourth-order valence-electron chi connectivity index (χ4n) is 3.75. The van der Waals surface area contributed by atoms with Crippen molar-refractivity contribution in [2.45, 2.75) is 32.5 Å². The molecule has 0 spiro atoms. The summed E-state index contributed by atoms with van der Waals surface area (Å²) in [5.74, 6) is 1.64. The quantitative estimate of drug-likeness (QED) is 0.578. The molecule has 0 radical (unpaired) electrons. The lowest BCUT2D eigenvalue weighted by atomic mass is 10.1. The van der Waals surface area contributed by atoms with Gasteiger partial charge in [0.2, 0.25) is 0 Å². The predicted octanol–water partition coefficient (Wildman–Crippen LogP) is 2.13. The Balaban J connectivity index is 1.32. The third-order valence-corrected chi connectivity index (χ3v) is 5.54. The standard InChI is InChI=1S/C23H28N6O3/c1-3-20-15-28(14-19-12-21(31-2)8-9-22(19)32-20)11-10-24-23(30)18-6-4-17(5-7-18)13-29-16-25-26-27-29/h4-9,12,16,20H,3,10-11,13-15H2,1-2H3,(H,24,30). The number of hydrogen-bond acceptors (Lipinski definition) is 7. The molecule has 1 aromatic heterocycles. The van der Waals surface area contributed by atoms with Gasteiger partial charge in [0.05, 0.1) is 13.7 Å². The number of benzene rings is 2. The lowest BCUT2D eigenvalue weighted by molar-refractivity contribution is 0.0942. The highest BCUT2D eigenvalue weighted by atomic mass is 16.5. The van der Waals surface area contributed by atoms with Gasteiger partial charge >= 0.3 is 0 Å². The van der Waals surface area contributed by atoms with E-state index in [9.17, 15) is 4.79 Å². The number of carbonyl (C=O) groups excluding carboxylic acids is 1. The number of methoxy groups -OCH3 is 1. The van der Waals surface area contributed by atoms with Crippen LogP contribution >= 0.6 is 0 Å². The molecule has 1 aliphatic heterocycles.